The largest absolute Gasteiger partial charge is 0.481 e. The van der Waals surface area contributed by atoms with Gasteiger partial charge in [-0.2, -0.15) is 0 Å². The number of urea groups is 1. The molecule has 0 aliphatic heterocycles. The zero-order valence-electron chi connectivity index (χ0n) is 10.9. The Morgan fingerprint density at radius 3 is 2.53 bits per heavy atom. The van der Waals surface area contributed by atoms with Crippen molar-refractivity contribution in [1.82, 2.24) is 10.6 Å². The van der Waals surface area contributed by atoms with E-state index in [0.717, 1.165) is 10.0 Å². The Bertz CT molecular complexity index is 475. The Labute approximate surface area is 120 Å². The molecule has 0 saturated heterocycles. The van der Waals surface area contributed by atoms with Crippen LogP contribution in [0, 0.1) is 0 Å². The van der Waals surface area contributed by atoms with Crippen molar-refractivity contribution in [3.63, 3.8) is 0 Å². The molecule has 0 fully saturated rings. The maximum atomic E-state index is 11.7. The summed E-state index contributed by atoms with van der Waals surface area (Å²) in [5, 5.41) is 13.8. The molecule has 0 unspecified atom stereocenters. The second kappa shape index (κ2) is 6.56. The van der Waals surface area contributed by atoms with Crippen LogP contribution in [0.4, 0.5) is 4.79 Å². The van der Waals surface area contributed by atoms with Crippen LogP contribution in [0.1, 0.15) is 25.8 Å². The molecule has 0 aliphatic carbocycles. The zero-order valence-corrected chi connectivity index (χ0v) is 12.5. The predicted molar refractivity (Wildman–Crippen MR) is 76.0 cm³/mol. The van der Waals surface area contributed by atoms with Crippen LogP contribution in [0.2, 0.25) is 0 Å². The second-order valence-electron chi connectivity index (χ2n) is 4.63. The standard InChI is InChI=1S/C13H17BrN2O3/c1-13(2,9-5-3-4-6-10(9)14)16-12(19)15-8-7-11(17)18/h3-6H,7-8H2,1-2H3,(H,17,18)(H2,15,16,19). The van der Waals surface area contributed by atoms with Gasteiger partial charge in [0.2, 0.25) is 0 Å². The molecule has 6 heteroatoms. The molecule has 0 radical (unpaired) electrons. The van der Waals surface area contributed by atoms with Crippen LogP contribution in [0.3, 0.4) is 0 Å². The quantitative estimate of drug-likeness (QED) is 0.776. The summed E-state index contributed by atoms with van der Waals surface area (Å²) in [4.78, 5) is 22.0. The van der Waals surface area contributed by atoms with Crippen molar-refractivity contribution in [2.24, 2.45) is 0 Å². The molecule has 1 aromatic rings. The molecule has 0 aromatic heterocycles. The molecule has 0 heterocycles. The van der Waals surface area contributed by atoms with E-state index in [0.29, 0.717) is 0 Å². The molecule has 0 aliphatic rings. The summed E-state index contributed by atoms with van der Waals surface area (Å²) in [6.45, 7) is 3.86. The van der Waals surface area contributed by atoms with Crippen molar-refractivity contribution in [2.45, 2.75) is 25.8 Å². The highest BCUT2D eigenvalue weighted by Crippen LogP contribution is 2.27. The average Bonchev–Trinajstić information content (AvgIpc) is 2.27. The molecule has 1 rings (SSSR count). The summed E-state index contributed by atoms with van der Waals surface area (Å²) in [5.74, 6) is -0.939. The summed E-state index contributed by atoms with van der Waals surface area (Å²) >= 11 is 3.44. The molecule has 0 saturated carbocycles. The number of halogens is 1. The molecule has 0 bridgehead atoms. The van der Waals surface area contributed by atoms with Gasteiger partial charge in [-0.05, 0) is 25.5 Å². The molecule has 3 N–H and O–H groups in total. The fraction of sp³-hybridized carbons (Fsp3) is 0.385. The van der Waals surface area contributed by atoms with E-state index in [-0.39, 0.29) is 19.0 Å². The molecular formula is C13H17BrN2O3. The van der Waals surface area contributed by atoms with Crippen molar-refractivity contribution in [1.29, 1.82) is 0 Å². The van der Waals surface area contributed by atoms with Gasteiger partial charge < -0.3 is 15.7 Å². The number of carbonyl (C=O) groups is 2. The Hall–Kier alpha value is -1.56. The Kier molecular flexibility index (Phi) is 5.35. The molecule has 19 heavy (non-hydrogen) atoms. The van der Waals surface area contributed by atoms with Crippen molar-refractivity contribution in [3.05, 3.63) is 34.3 Å². The minimum Gasteiger partial charge on any atom is -0.481 e. The third-order valence-corrected chi connectivity index (χ3v) is 3.29. The highest BCUT2D eigenvalue weighted by atomic mass is 79.9. The first-order valence-corrected chi connectivity index (χ1v) is 6.65. The van der Waals surface area contributed by atoms with Crippen LogP contribution in [0.5, 0.6) is 0 Å². The highest BCUT2D eigenvalue weighted by Gasteiger charge is 2.24. The Balaban J connectivity index is 2.62. The van der Waals surface area contributed by atoms with Crippen LogP contribution in [0.25, 0.3) is 0 Å². The molecule has 0 spiro atoms. The second-order valence-corrected chi connectivity index (χ2v) is 5.48. The Morgan fingerprint density at radius 1 is 1.32 bits per heavy atom. The van der Waals surface area contributed by atoms with Crippen LogP contribution in [-0.4, -0.2) is 23.7 Å². The summed E-state index contributed by atoms with van der Waals surface area (Å²) in [5.41, 5.74) is 0.385. The lowest BCUT2D eigenvalue weighted by Crippen LogP contribution is -2.47. The maximum Gasteiger partial charge on any atom is 0.315 e. The lowest BCUT2D eigenvalue weighted by molar-refractivity contribution is -0.136. The van der Waals surface area contributed by atoms with Gasteiger partial charge in [0.05, 0.1) is 12.0 Å². The highest BCUT2D eigenvalue weighted by molar-refractivity contribution is 9.10. The van der Waals surface area contributed by atoms with Crippen LogP contribution < -0.4 is 10.6 Å². The minimum atomic E-state index is -0.939. The molecule has 0 atom stereocenters. The van der Waals surface area contributed by atoms with Gasteiger partial charge in [-0.1, -0.05) is 34.1 Å². The van der Waals surface area contributed by atoms with Gasteiger partial charge >= 0.3 is 12.0 Å². The Morgan fingerprint density at radius 2 is 1.95 bits per heavy atom. The summed E-state index contributed by atoms with van der Waals surface area (Å²) in [7, 11) is 0. The van der Waals surface area contributed by atoms with E-state index < -0.39 is 11.5 Å². The normalized spacial score (nSPS) is 10.9. The SMILES string of the molecule is CC(C)(NC(=O)NCCC(=O)O)c1ccccc1Br. The smallest absolute Gasteiger partial charge is 0.315 e. The average molecular weight is 329 g/mol. The lowest BCUT2D eigenvalue weighted by atomic mass is 9.94. The summed E-state index contributed by atoms with van der Waals surface area (Å²) in [6.07, 6.45) is -0.0944. The van der Waals surface area contributed by atoms with E-state index in [2.05, 4.69) is 26.6 Å². The third kappa shape index (κ3) is 4.90. The van der Waals surface area contributed by atoms with Gasteiger partial charge in [-0.25, -0.2) is 4.79 Å². The van der Waals surface area contributed by atoms with Crippen molar-refractivity contribution in [2.75, 3.05) is 6.54 Å². The number of aliphatic carboxylic acids is 1. The van der Waals surface area contributed by atoms with E-state index in [4.69, 9.17) is 5.11 Å². The van der Waals surface area contributed by atoms with Gasteiger partial charge in [0.25, 0.3) is 0 Å². The number of hydrogen-bond acceptors (Lipinski definition) is 2. The maximum absolute atomic E-state index is 11.7. The topological polar surface area (TPSA) is 78.4 Å². The zero-order chi connectivity index (χ0) is 14.5. The molecule has 1 aromatic carbocycles. The van der Waals surface area contributed by atoms with Gasteiger partial charge in [0, 0.05) is 11.0 Å². The number of rotatable bonds is 5. The fourth-order valence-electron chi connectivity index (χ4n) is 1.65. The first-order valence-electron chi connectivity index (χ1n) is 5.86. The van der Waals surface area contributed by atoms with Gasteiger partial charge in [0.1, 0.15) is 0 Å². The molecule has 5 nitrogen and oxygen atoms in total. The van der Waals surface area contributed by atoms with Crippen LogP contribution in [0.15, 0.2) is 28.7 Å². The monoisotopic (exact) mass is 328 g/mol. The summed E-state index contributed by atoms with van der Waals surface area (Å²) in [6, 6.07) is 7.23. The van der Waals surface area contributed by atoms with Crippen LogP contribution in [-0.2, 0) is 10.3 Å². The van der Waals surface area contributed by atoms with E-state index in [9.17, 15) is 9.59 Å². The first-order chi connectivity index (χ1) is 8.83. The lowest BCUT2D eigenvalue weighted by Gasteiger charge is -2.28. The predicted octanol–water partition coefficient (Wildman–Crippen LogP) is 2.46. The van der Waals surface area contributed by atoms with Gasteiger partial charge in [-0.15, -0.1) is 0 Å². The van der Waals surface area contributed by atoms with Gasteiger partial charge in [0.15, 0.2) is 0 Å². The molecular weight excluding hydrogens is 312 g/mol. The summed E-state index contributed by atoms with van der Waals surface area (Å²) < 4.78 is 0.908. The number of nitrogens with one attached hydrogen (secondary N) is 2. The van der Waals surface area contributed by atoms with E-state index in [1.54, 1.807) is 0 Å². The molecule has 2 amide bonds. The minimum absolute atomic E-state index is 0.0944. The first kappa shape index (κ1) is 15.5. The number of hydrogen-bond donors (Lipinski definition) is 3. The van der Waals surface area contributed by atoms with Crippen molar-refractivity contribution >= 4 is 27.9 Å². The molecule has 104 valence electrons. The fourth-order valence-corrected chi connectivity index (χ4v) is 2.43. The van der Waals surface area contributed by atoms with Crippen molar-refractivity contribution < 1.29 is 14.7 Å². The number of amides is 2. The van der Waals surface area contributed by atoms with Gasteiger partial charge in [-0.3, -0.25) is 4.79 Å². The van der Waals surface area contributed by atoms with Crippen molar-refractivity contribution in [3.8, 4) is 0 Å². The third-order valence-electron chi connectivity index (χ3n) is 2.60. The van der Waals surface area contributed by atoms with E-state index in [1.807, 2.05) is 38.1 Å². The van der Waals surface area contributed by atoms with Crippen LogP contribution >= 0.6 is 15.9 Å². The number of carboxylic acid groups (broad SMARTS) is 1. The number of benzene rings is 1. The van der Waals surface area contributed by atoms with E-state index in [1.165, 1.54) is 0 Å². The number of carbonyl (C=O) groups excluding carboxylic acids is 1. The number of carboxylic acids is 1. The van der Waals surface area contributed by atoms with E-state index >= 15 is 0 Å².